The van der Waals surface area contributed by atoms with Crippen LogP contribution in [0.1, 0.15) is 12.5 Å². The number of halogens is 2. The van der Waals surface area contributed by atoms with Crippen LogP contribution in [-0.2, 0) is 5.00 Å². The molecule has 1 aromatic carbocycles. The fourth-order valence-electron chi connectivity index (χ4n) is 0.960. The Kier molecular flexibility index (Phi) is 4.52. The summed E-state index contributed by atoms with van der Waals surface area (Å²) < 4.78 is 0. The van der Waals surface area contributed by atoms with Crippen molar-refractivity contribution in [1.82, 2.24) is 5.32 Å². The smallest absolute Gasteiger partial charge is 0.157 e. The van der Waals surface area contributed by atoms with Crippen LogP contribution in [0.3, 0.4) is 0 Å². The van der Waals surface area contributed by atoms with Crippen molar-refractivity contribution in [1.29, 1.82) is 0 Å². The van der Waals surface area contributed by atoms with Crippen molar-refractivity contribution in [3.8, 4) is 11.5 Å². The summed E-state index contributed by atoms with van der Waals surface area (Å²) in [4.78, 5) is -0.731. The van der Waals surface area contributed by atoms with Crippen LogP contribution in [0.15, 0.2) is 18.2 Å². The van der Waals surface area contributed by atoms with Crippen molar-refractivity contribution in [3.63, 3.8) is 0 Å². The number of aromatic hydroxyl groups is 2. The highest BCUT2D eigenvalue weighted by Crippen LogP contribution is 2.32. The van der Waals surface area contributed by atoms with Crippen LogP contribution in [0.5, 0.6) is 11.5 Å². The van der Waals surface area contributed by atoms with E-state index in [9.17, 15) is 5.11 Å². The summed E-state index contributed by atoms with van der Waals surface area (Å²) in [5.74, 6) is -0.313. The molecule has 0 bridgehead atoms. The molecule has 1 aromatic rings. The number of rotatable bonds is 2. The first-order chi connectivity index (χ1) is 5.97. The second-order valence-electron chi connectivity index (χ2n) is 2.96. The van der Waals surface area contributed by atoms with Crippen LogP contribution in [0.4, 0.5) is 0 Å². The average Bonchev–Trinajstić information content (AvgIpc) is 2.09. The van der Waals surface area contributed by atoms with E-state index in [1.54, 1.807) is 20.0 Å². The third-order valence-corrected chi connectivity index (χ3v) is 2.39. The Bertz CT molecular complexity index is 316. The zero-order valence-corrected chi connectivity index (χ0v) is 9.49. The lowest BCUT2D eigenvalue weighted by atomic mass is 10.1. The number of hydrogen-bond acceptors (Lipinski definition) is 3. The van der Waals surface area contributed by atoms with Crippen molar-refractivity contribution in [2.75, 3.05) is 7.05 Å². The zero-order valence-electron chi connectivity index (χ0n) is 7.91. The number of alkyl halides is 1. The van der Waals surface area contributed by atoms with Gasteiger partial charge in [-0.05, 0) is 31.7 Å². The molecule has 0 aliphatic carbocycles. The van der Waals surface area contributed by atoms with Gasteiger partial charge in [0.15, 0.2) is 11.5 Å². The van der Waals surface area contributed by atoms with Crippen molar-refractivity contribution in [2.45, 2.75) is 11.9 Å². The fourth-order valence-corrected chi connectivity index (χ4v) is 1.08. The molecule has 1 unspecified atom stereocenters. The molecule has 0 radical (unpaired) electrons. The number of hydrogen-bond donors (Lipinski definition) is 3. The molecule has 1 atom stereocenters. The van der Waals surface area contributed by atoms with Gasteiger partial charge < -0.3 is 10.2 Å². The lowest BCUT2D eigenvalue weighted by molar-refractivity contribution is 0.401. The minimum absolute atomic E-state index is 0. The molecule has 14 heavy (non-hydrogen) atoms. The molecular formula is C9H13Cl2NO2. The Labute approximate surface area is 94.1 Å². The first-order valence-corrected chi connectivity index (χ1v) is 4.25. The molecular weight excluding hydrogens is 225 g/mol. The molecule has 0 fully saturated rings. The molecule has 80 valence electrons. The Morgan fingerprint density at radius 3 is 2.29 bits per heavy atom. The predicted octanol–water partition coefficient (Wildman–Crippen LogP) is 2.15. The highest BCUT2D eigenvalue weighted by Gasteiger charge is 2.21. The monoisotopic (exact) mass is 237 g/mol. The van der Waals surface area contributed by atoms with Crippen molar-refractivity contribution >= 4 is 24.0 Å². The molecule has 0 spiro atoms. The predicted molar refractivity (Wildman–Crippen MR) is 59.3 cm³/mol. The van der Waals surface area contributed by atoms with Gasteiger partial charge in [0, 0.05) is 0 Å². The van der Waals surface area contributed by atoms with Crippen LogP contribution in [0.2, 0.25) is 0 Å². The number of nitrogens with one attached hydrogen (secondary N) is 1. The molecule has 0 heterocycles. The Morgan fingerprint density at radius 1 is 1.29 bits per heavy atom. The van der Waals surface area contributed by atoms with Crippen molar-refractivity contribution in [3.05, 3.63) is 23.8 Å². The van der Waals surface area contributed by atoms with Gasteiger partial charge in [-0.15, -0.1) is 12.4 Å². The quantitative estimate of drug-likeness (QED) is 0.420. The van der Waals surface area contributed by atoms with E-state index >= 15 is 0 Å². The lowest BCUT2D eigenvalue weighted by Crippen LogP contribution is -2.30. The fraction of sp³-hybridized carbons (Fsp3) is 0.333. The topological polar surface area (TPSA) is 52.5 Å². The molecule has 0 saturated carbocycles. The highest BCUT2D eigenvalue weighted by molar-refractivity contribution is 6.23. The van der Waals surface area contributed by atoms with Crippen LogP contribution in [0.25, 0.3) is 0 Å². The molecule has 0 amide bonds. The maximum atomic E-state index is 9.22. The Balaban J connectivity index is 0.00000169. The second kappa shape index (κ2) is 4.73. The number of phenols is 2. The Hall–Kier alpha value is -0.640. The van der Waals surface area contributed by atoms with E-state index in [-0.39, 0.29) is 23.9 Å². The van der Waals surface area contributed by atoms with Gasteiger partial charge in [-0.2, -0.15) is 0 Å². The van der Waals surface area contributed by atoms with Crippen molar-refractivity contribution < 1.29 is 10.2 Å². The summed E-state index contributed by atoms with van der Waals surface area (Å²) in [5.41, 5.74) is 0.701. The van der Waals surface area contributed by atoms with Crippen LogP contribution in [0, 0.1) is 0 Å². The first-order valence-electron chi connectivity index (χ1n) is 3.87. The summed E-state index contributed by atoms with van der Waals surface area (Å²) in [7, 11) is 1.72. The van der Waals surface area contributed by atoms with Gasteiger partial charge in [0.2, 0.25) is 0 Å². The summed E-state index contributed by atoms with van der Waals surface area (Å²) in [6.07, 6.45) is 0. The van der Waals surface area contributed by atoms with E-state index in [0.717, 1.165) is 0 Å². The molecule has 0 aliphatic heterocycles. The van der Waals surface area contributed by atoms with Gasteiger partial charge in [0.1, 0.15) is 5.00 Å². The largest absolute Gasteiger partial charge is 0.504 e. The third kappa shape index (κ3) is 2.67. The van der Waals surface area contributed by atoms with Gasteiger partial charge in [0.25, 0.3) is 0 Å². The van der Waals surface area contributed by atoms with Gasteiger partial charge in [-0.25, -0.2) is 0 Å². The molecule has 0 aromatic heterocycles. The maximum absolute atomic E-state index is 9.22. The average molecular weight is 238 g/mol. The van der Waals surface area contributed by atoms with Gasteiger partial charge in [-0.1, -0.05) is 17.7 Å². The molecule has 0 saturated heterocycles. The molecule has 5 heteroatoms. The summed E-state index contributed by atoms with van der Waals surface area (Å²) in [6, 6.07) is 4.49. The highest BCUT2D eigenvalue weighted by atomic mass is 35.5. The number of phenolic OH excluding ortho intramolecular Hbond substituents is 2. The molecule has 0 aliphatic rings. The maximum Gasteiger partial charge on any atom is 0.157 e. The van der Waals surface area contributed by atoms with Crippen molar-refractivity contribution in [2.24, 2.45) is 0 Å². The van der Waals surface area contributed by atoms with Gasteiger partial charge in [0.05, 0.1) is 0 Å². The summed E-state index contributed by atoms with van der Waals surface area (Å²) in [6.45, 7) is 1.76. The van der Waals surface area contributed by atoms with Crippen LogP contribution < -0.4 is 5.32 Å². The first kappa shape index (κ1) is 13.4. The minimum Gasteiger partial charge on any atom is -0.504 e. The van der Waals surface area contributed by atoms with Crippen LogP contribution >= 0.6 is 24.0 Å². The van der Waals surface area contributed by atoms with E-state index in [4.69, 9.17) is 16.7 Å². The Morgan fingerprint density at radius 2 is 1.86 bits per heavy atom. The summed E-state index contributed by atoms with van der Waals surface area (Å²) in [5, 5.41) is 21.2. The normalized spacial score (nSPS) is 14.2. The molecule has 1 rings (SSSR count). The minimum atomic E-state index is -0.731. The van der Waals surface area contributed by atoms with E-state index < -0.39 is 5.00 Å². The third-order valence-electron chi connectivity index (χ3n) is 1.99. The standard InChI is InChI=1S/C9H12ClNO2.ClH/c1-9(10,11-2)6-3-4-7(12)8(13)5-6;/h3-5,11-13H,1-2H3;1H. The number of benzene rings is 1. The van der Waals surface area contributed by atoms with Gasteiger partial charge >= 0.3 is 0 Å². The SMILES string of the molecule is CNC(C)(Cl)c1ccc(O)c(O)c1.Cl. The second-order valence-corrected chi connectivity index (χ2v) is 3.71. The van der Waals surface area contributed by atoms with E-state index in [0.29, 0.717) is 5.56 Å². The zero-order chi connectivity index (χ0) is 10.1. The van der Waals surface area contributed by atoms with Gasteiger partial charge in [-0.3, -0.25) is 5.32 Å². The molecule has 3 N–H and O–H groups in total. The van der Waals surface area contributed by atoms with E-state index in [1.807, 2.05) is 0 Å². The molecule has 3 nitrogen and oxygen atoms in total. The lowest BCUT2D eigenvalue weighted by Gasteiger charge is -2.21. The summed E-state index contributed by atoms with van der Waals surface area (Å²) >= 11 is 6.07. The van der Waals surface area contributed by atoms with E-state index in [1.165, 1.54) is 12.1 Å². The van der Waals surface area contributed by atoms with Crippen LogP contribution in [-0.4, -0.2) is 17.3 Å². The van der Waals surface area contributed by atoms with E-state index in [2.05, 4.69) is 5.32 Å².